The summed E-state index contributed by atoms with van der Waals surface area (Å²) in [5.74, 6) is 0.0979. The third kappa shape index (κ3) is 4.43. The molecule has 0 saturated heterocycles. The zero-order valence-corrected chi connectivity index (χ0v) is 20.7. The maximum absolute atomic E-state index is 14.5. The zero-order chi connectivity index (χ0) is 25.5. The molecule has 186 valence electrons. The van der Waals surface area contributed by atoms with Crippen molar-refractivity contribution in [3.05, 3.63) is 67.0 Å². The molecule has 37 heavy (non-hydrogen) atoms. The zero-order valence-electron chi connectivity index (χ0n) is 20.7. The van der Waals surface area contributed by atoms with E-state index in [4.69, 9.17) is 4.74 Å². The smallest absolute Gasteiger partial charge is 0.127 e. The first kappa shape index (κ1) is 22.9. The quantitative estimate of drug-likeness (QED) is 0.334. The number of fused-ring (bicyclic) bond motifs is 2. The van der Waals surface area contributed by atoms with Gasteiger partial charge in [0.1, 0.15) is 23.9 Å². The second kappa shape index (κ2) is 9.14. The van der Waals surface area contributed by atoms with Crippen LogP contribution in [-0.2, 0) is 7.05 Å². The van der Waals surface area contributed by atoms with E-state index in [0.717, 1.165) is 51.0 Å². The molecule has 6 aromatic rings. The summed E-state index contributed by atoms with van der Waals surface area (Å²) in [6.45, 7) is 1.19. The Morgan fingerprint density at radius 2 is 1.84 bits per heavy atom. The number of likely N-dealkylation sites (N-methyl/N-ethyl adjacent to an activating group) is 1. The van der Waals surface area contributed by atoms with Crippen LogP contribution in [-0.4, -0.2) is 67.1 Å². The van der Waals surface area contributed by atoms with Gasteiger partial charge in [0, 0.05) is 59.5 Å². The van der Waals surface area contributed by atoms with Crippen LogP contribution >= 0.6 is 0 Å². The largest absolute Gasteiger partial charge is 0.492 e. The molecule has 0 bridgehead atoms. The van der Waals surface area contributed by atoms with Crippen molar-refractivity contribution in [2.75, 3.05) is 27.2 Å². The van der Waals surface area contributed by atoms with Crippen LogP contribution in [0.5, 0.6) is 5.75 Å². The lowest BCUT2D eigenvalue weighted by Crippen LogP contribution is -2.19. The molecule has 0 amide bonds. The molecule has 5 heterocycles. The number of aromatic nitrogens is 7. The number of hydrogen-bond acceptors (Lipinski definition) is 6. The van der Waals surface area contributed by atoms with E-state index < -0.39 is 0 Å². The van der Waals surface area contributed by atoms with Crippen LogP contribution in [0.15, 0.2) is 61.2 Å². The summed E-state index contributed by atoms with van der Waals surface area (Å²) in [7, 11) is 5.80. The van der Waals surface area contributed by atoms with E-state index in [1.807, 2.05) is 56.5 Å². The number of benzene rings is 1. The number of hydrogen-bond donors (Lipinski definition) is 2. The Hall–Kier alpha value is -4.57. The van der Waals surface area contributed by atoms with Gasteiger partial charge in [-0.2, -0.15) is 10.2 Å². The van der Waals surface area contributed by atoms with E-state index in [1.165, 1.54) is 12.1 Å². The normalized spacial score (nSPS) is 11.7. The maximum atomic E-state index is 14.5. The van der Waals surface area contributed by atoms with Crippen molar-refractivity contribution in [3.63, 3.8) is 0 Å². The highest BCUT2D eigenvalue weighted by Crippen LogP contribution is 2.35. The second-order valence-corrected chi connectivity index (χ2v) is 9.22. The van der Waals surface area contributed by atoms with Crippen molar-refractivity contribution in [2.24, 2.45) is 7.05 Å². The van der Waals surface area contributed by atoms with Gasteiger partial charge in [-0.3, -0.25) is 19.7 Å². The van der Waals surface area contributed by atoms with Crippen LogP contribution in [0.2, 0.25) is 0 Å². The summed E-state index contributed by atoms with van der Waals surface area (Å²) in [5.41, 5.74) is 6.31. The summed E-state index contributed by atoms with van der Waals surface area (Å²) in [6, 6.07) is 10.6. The minimum Gasteiger partial charge on any atom is -0.492 e. The lowest BCUT2D eigenvalue weighted by molar-refractivity contribution is 0.260. The van der Waals surface area contributed by atoms with Gasteiger partial charge in [-0.15, -0.1) is 0 Å². The monoisotopic (exact) mass is 496 g/mol. The standard InChI is InChI=1S/C27H25FN8O/c1-35(2)6-7-37-19-9-16(8-18(28)10-19)26-20-12-24(32-22(20)4-5-29-26)27-21-11-23(17-13-31-36(3)15-17)30-14-25(21)33-34-27/h4-5,8-15,32H,6-7H2,1-3H3,(H,33,34). The Bertz CT molecular complexity index is 1730. The number of H-pyrrole nitrogens is 2. The fourth-order valence-corrected chi connectivity index (χ4v) is 4.37. The molecule has 0 aliphatic carbocycles. The molecule has 0 saturated carbocycles. The number of ether oxygens (including phenoxy) is 1. The topological polar surface area (TPSA) is 101 Å². The van der Waals surface area contributed by atoms with Crippen LogP contribution in [0.3, 0.4) is 0 Å². The minimum atomic E-state index is -0.374. The van der Waals surface area contributed by atoms with Crippen LogP contribution in [0, 0.1) is 5.82 Å². The number of nitrogens with zero attached hydrogens (tertiary/aromatic N) is 6. The Morgan fingerprint density at radius 1 is 0.973 bits per heavy atom. The number of rotatable bonds is 7. The molecule has 0 radical (unpaired) electrons. The summed E-state index contributed by atoms with van der Waals surface area (Å²) in [5, 5.41) is 13.7. The Morgan fingerprint density at radius 3 is 2.65 bits per heavy atom. The molecule has 0 spiro atoms. The molecule has 0 aliphatic heterocycles. The highest BCUT2D eigenvalue weighted by atomic mass is 19.1. The van der Waals surface area contributed by atoms with E-state index in [2.05, 4.69) is 30.2 Å². The molecular formula is C27H25FN8O. The Labute approximate surface area is 211 Å². The minimum absolute atomic E-state index is 0.374. The van der Waals surface area contributed by atoms with Gasteiger partial charge in [0.2, 0.25) is 0 Å². The summed E-state index contributed by atoms with van der Waals surface area (Å²) < 4.78 is 22.1. The van der Waals surface area contributed by atoms with Gasteiger partial charge in [-0.05, 0) is 44.4 Å². The highest BCUT2D eigenvalue weighted by molar-refractivity contribution is 6.00. The summed E-state index contributed by atoms with van der Waals surface area (Å²) in [6.07, 6.45) is 7.19. The van der Waals surface area contributed by atoms with Crippen LogP contribution in [0.4, 0.5) is 4.39 Å². The average Bonchev–Trinajstić information content (AvgIpc) is 3.60. The van der Waals surface area contributed by atoms with E-state index in [9.17, 15) is 4.39 Å². The summed E-state index contributed by atoms with van der Waals surface area (Å²) in [4.78, 5) is 14.6. The van der Waals surface area contributed by atoms with Crippen LogP contribution in [0.25, 0.3) is 55.7 Å². The van der Waals surface area contributed by atoms with E-state index in [-0.39, 0.29) is 5.82 Å². The Balaban J connectivity index is 1.40. The Kier molecular flexibility index (Phi) is 5.65. The first-order valence-corrected chi connectivity index (χ1v) is 11.8. The number of nitrogens with one attached hydrogen (secondary N) is 2. The molecule has 0 atom stereocenters. The fraction of sp³-hybridized carbons (Fsp3) is 0.185. The molecule has 1 aromatic carbocycles. The third-order valence-corrected chi connectivity index (χ3v) is 6.20. The summed E-state index contributed by atoms with van der Waals surface area (Å²) >= 11 is 0. The van der Waals surface area contributed by atoms with Gasteiger partial charge in [0.25, 0.3) is 0 Å². The maximum Gasteiger partial charge on any atom is 0.127 e. The lowest BCUT2D eigenvalue weighted by Gasteiger charge is -2.12. The molecule has 0 unspecified atom stereocenters. The number of halogens is 1. The molecule has 10 heteroatoms. The highest BCUT2D eigenvalue weighted by Gasteiger charge is 2.16. The van der Waals surface area contributed by atoms with Crippen LogP contribution in [0.1, 0.15) is 0 Å². The molecule has 2 N–H and O–H groups in total. The lowest BCUT2D eigenvalue weighted by atomic mass is 10.1. The first-order chi connectivity index (χ1) is 17.9. The van der Waals surface area contributed by atoms with Crippen molar-refractivity contribution in [2.45, 2.75) is 0 Å². The van der Waals surface area contributed by atoms with Gasteiger partial charge >= 0.3 is 0 Å². The van der Waals surface area contributed by atoms with Crippen molar-refractivity contribution in [1.29, 1.82) is 0 Å². The first-order valence-electron chi connectivity index (χ1n) is 11.8. The van der Waals surface area contributed by atoms with E-state index >= 15 is 0 Å². The molecular weight excluding hydrogens is 471 g/mol. The van der Waals surface area contributed by atoms with Gasteiger partial charge in [-0.25, -0.2) is 4.39 Å². The molecule has 5 aromatic heterocycles. The predicted molar refractivity (Wildman–Crippen MR) is 141 cm³/mol. The molecule has 0 fully saturated rings. The number of aryl methyl sites for hydroxylation is 1. The van der Waals surface area contributed by atoms with Crippen molar-refractivity contribution in [3.8, 4) is 39.7 Å². The second-order valence-electron chi connectivity index (χ2n) is 9.22. The van der Waals surface area contributed by atoms with Crippen molar-refractivity contribution < 1.29 is 9.13 Å². The number of pyridine rings is 2. The predicted octanol–water partition coefficient (Wildman–Crippen LogP) is 4.65. The van der Waals surface area contributed by atoms with E-state index in [1.54, 1.807) is 23.3 Å². The van der Waals surface area contributed by atoms with Gasteiger partial charge in [0.05, 0.1) is 35.0 Å². The van der Waals surface area contributed by atoms with Gasteiger partial charge < -0.3 is 14.6 Å². The third-order valence-electron chi connectivity index (χ3n) is 6.20. The number of aromatic amines is 2. The van der Waals surface area contributed by atoms with Gasteiger partial charge in [0.15, 0.2) is 0 Å². The van der Waals surface area contributed by atoms with Crippen molar-refractivity contribution >= 4 is 21.8 Å². The van der Waals surface area contributed by atoms with Crippen LogP contribution < -0.4 is 4.74 Å². The average molecular weight is 497 g/mol. The molecule has 6 rings (SSSR count). The van der Waals surface area contributed by atoms with Crippen molar-refractivity contribution in [1.82, 2.24) is 39.8 Å². The molecule has 9 nitrogen and oxygen atoms in total. The van der Waals surface area contributed by atoms with E-state index in [0.29, 0.717) is 23.6 Å². The van der Waals surface area contributed by atoms with Gasteiger partial charge in [-0.1, -0.05) is 0 Å². The fourth-order valence-electron chi connectivity index (χ4n) is 4.37. The SMILES string of the molecule is CN(C)CCOc1cc(F)cc(-c2nccc3[nH]c(-c4n[nH]c5cnc(-c6cnn(C)c6)cc45)cc23)c1. The molecule has 0 aliphatic rings.